The fraction of sp³-hybridized carbons (Fsp3) is 0.875. The predicted octanol–water partition coefficient (Wildman–Crippen LogP) is -0.299. The van der Waals surface area contributed by atoms with E-state index in [1.54, 1.807) is 0 Å². The summed E-state index contributed by atoms with van der Waals surface area (Å²) in [5.41, 5.74) is 0. The van der Waals surface area contributed by atoms with Gasteiger partial charge in [-0.05, 0) is 13.8 Å². The second-order valence-corrected chi connectivity index (χ2v) is 3.12. The minimum atomic E-state index is -0.650. The van der Waals surface area contributed by atoms with Gasteiger partial charge in [0.25, 0.3) is 0 Å². The molecule has 5 heteroatoms. The molecular weight excluding hydrogens is 172 g/mol. The molecule has 0 bridgehead atoms. The maximum absolute atomic E-state index is 11.0. The Morgan fingerprint density at radius 3 is 2.62 bits per heavy atom. The van der Waals surface area contributed by atoms with E-state index < -0.39 is 6.10 Å². The van der Waals surface area contributed by atoms with Gasteiger partial charge in [-0.2, -0.15) is 0 Å². The molecule has 0 radical (unpaired) electrons. The first-order valence-corrected chi connectivity index (χ1v) is 4.27. The number of carbonyl (C=O) groups is 1. The maximum Gasteiger partial charge on any atom is 0.315 e. The molecule has 0 aromatic heterocycles. The molecular formula is C8H18N2O3. The first-order chi connectivity index (χ1) is 6.06. The lowest BCUT2D eigenvalue weighted by molar-refractivity contribution is 0.0659. The highest BCUT2D eigenvalue weighted by atomic mass is 16.5. The summed E-state index contributed by atoms with van der Waals surface area (Å²) in [5, 5.41) is 14.3. The van der Waals surface area contributed by atoms with E-state index >= 15 is 0 Å². The van der Waals surface area contributed by atoms with Crippen LogP contribution in [0.3, 0.4) is 0 Å². The van der Waals surface area contributed by atoms with E-state index in [0.29, 0.717) is 0 Å². The Morgan fingerprint density at radius 1 is 1.54 bits per heavy atom. The van der Waals surface area contributed by atoms with Crippen LogP contribution in [0.4, 0.5) is 4.79 Å². The summed E-state index contributed by atoms with van der Waals surface area (Å²) in [6, 6.07) is -0.176. The predicted molar refractivity (Wildman–Crippen MR) is 49.6 cm³/mol. The number of rotatable bonds is 5. The molecule has 0 saturated heterocycles. The molecule has 3 N–H and O–H groups in total. The topological polar surface area (TPSA) is 70.6 Å². The molecule has 1 atom stereocenters. The number of methoxy groups -OCH3 is 1. The summed E-state index contributed by atoms with van der Waals surface area (Å²) >= 11 is 0. The highest BCUT2D eigenvalue weighted by molar-refractivity contribution is 5.74. The average Bonchev–Trinajstić information content (AvgIpc) is 2.00. The molecule has 0 aliphatic heterocycles. The molecule has 13 heavy (non-hydrogen) atoms. The standard InChI is InChI=1S/C8H18N2O3/c1-6(2)10-8(12)9-4-7(11)5-13-3/h6-7,11H,4-5H2,1-3H3,(H2,9,10,12). The lowest BCUT2D eigenvalue weighted by Gasteiger charge is -2.13. The van der Waals surface area contributed by atoms with Gasteiger partial charge in [-0.15, -0.1) is 0 Å². The highest BCUT2D eigenvalue weighted by Gasteiger charge is 2.06. The van der Waals surface area contributed by atoms with Crippen molar-refractivity contribution < 1.29 is 14.6 Å². The first-order valence-electron chi connectivity index (χ1n) is 4.27. The van der Waals surface area contributed by atoms with Crippen molar-refractivity contribution in [3.63, 3.8) is 0 Å². The number of urea groups is 1. The van der Waals surface area contributed by atoms with Gasteiger partial charge < -0.3 is 20.5 Å². The Morgan fingerprint density at radius 2 is 2.15 bits per heavy atom. The van der Waals surface area contributed by atoms with Crippen molar-refractivity contribution in [3.8, 4) is 0 Å². The maximum atomic E-state index is 11.0. The molecule has 0 fully saturated rings. The van der Waals surface area contributed by atoms with Gasteiger partial charge in [0.2, 0.25) is 0 Å². The van der Waals surface area contributed by atoms with Crippen LogP contribution < -0.4 is 10.6 Å². The third-order valence-corrected chi connectivity index (χ3v) is 1.28. The Balaban J connectivity index is 3.46. The van der Waals surface area contributed by atoms with Crippen LogP contribution in [0.5, 0.6) is 0 Å². The SMILES string of the molecule is COCC(O)CNC(=O)NC(C)C. The second kappa shape index (κ2) is 6.68. The van der Waals surface area contributed by atoms with Crippen LogP contribution in [0, 0.1) is 0 Å². The van der Waals surface area contributed by atoms with Crippen LogP contribution in [0.25, 0.3) is 0 Å². The summed E-state index contributed by atoms with van der Waals surface area (Å²) < 4.78 is 4.70. The zero-order valence-electron chi connectivity index (χ0n) is 8.33. The fourth-order valence-electron chi connectivity index (χ4n) is 0.775. The van der Waals surface area contributed by atoms with Crippen LogP contribution in [0.1, 0.15) is 13.8 Å². The zero-order chi connectivity index (χ0) is 10.3. The van der Waals surface area contributed by atoms with Crippen LogP contribution >= 0.6 is 0 Å². The molecule has 2 amide bonds. The Labute approximate surface area is 78.5 Å². The summed E-state index contributed by atoms with van der Waals surface area (Å²) in [6.45, 7) is 4.16. The van der Waals surface area contributed by atoms with Gasteiger partial charge in [-0.1, -0.05) is 0 Å². The minimum Gasteiger partial charge on any atom is -0.389 e. The van der Waals surface area contributed by atoms with E-state index in [1.807, 2.05) is 13.8 Å². The molecule has 0 aromatic carbocycles. The molecule has 0 saturated carbocycles. The molecule has 0 heterocycles. The second-order valence-electron chi connectivity index (χ2n) is 3.12. The third-order valence-electron chi connectivity index (χ3n) is 1.28. The Hall–Kier alpha value is -0.810. The van der Waals surface area contributed by atoms with Crippen molar-refractivity contribution in [1.29, 1.82) is 0 Å². The minimum absolute atomic E-state index is 0.0968. The summed E-state index contributed by atoms with van der Waals surface area (Å²) in [5.74, 6) is 0. The Bertz CT molecular complexity index is 150. The van der Waals surface area contributed by atoms with Gasteiger partial charge in [-0.25, -0.2) is 4.79 Å². The number of ether oxygens (including phenoxy) is 1. The van der Waals surface area contributed by atoms with Gasteiger partial charge >= 0.3 is 6.03 Å². The number of hydrogen-bond donors (Lipinski definition) is 3. The molecule has 78 valence electrons. The molecule has 0 aliphatic carbocycles. The number of aliphatic hydroxyl groups is 1. The van der Waals surface area contributed by atoms with Crippen molar-refractivity contribution in [2.75, 3.05) is 20.3 Å². The van der Waals surface area contributed by atoms with Crippen molar-refractivity contribution in [1.82, 2.24) is 10.6 Å². The van der Waals surface area contributed by atoms with Crippen LogP contribution in [-0.4, -0.2) is 43.5 Å². The van der Waals surface area contributed by atoms with Crippen molar-refractivity contribution in [3.05, 3.63) is 0 Å². The number of aliphatic hydroxyl groups excluding tert-OH is 1. The van der Waals surface area contributed by atoms with Gasteiger partial charge in [0.1, 0.15) is 0 Å². The van der Waals surface area contributed by atoms with Crippen molar-refractivity contribution >= 4 is 6.03 Å². The van der Waals surface area contributed by atoms with E-state index in [-0.39, 0.29) is 25.2 Å². The largest absolute Gasteiger partial charge is 0.389 e. The number of nitrogens with one attached hydrogen (secondary N) is 2. The smallest absolute Gasteiger partial charge is 0.315 e. The number of hydrogen-bond acceptors (Lipinski definition) is 3. The summed E-state index contributed by atoms with van der Waals surface area (Å²) in [7, 11) is 1.50. The number of amides is 2. The van der Waals surface area contributed by atoms with E-state index in [1.165, 1.54) is 7.11 Å². The normalized spacial score (nSPS) is 12.7. The van der Waals surface area contributed by atoms with Gasteiger partial charge in [0.05, 0.1) is 12.7 Å². The summed E-state index contributed by atoms with van der Waals surface area (Å²) in [6.07, 6.45) is -0.650. The van der Waals surface area contributed by atoms with Crippen LogP contribution in [-0.2, 0) is 4.74 Å². The number of carbonyl (C=O) groups excluding carboxylic acids is 1. The monoisotopic (exact) mass is 190 g/mol. The quantitative estimate of drug-likeness (QED) is 0.557. The molecule has 1 unspecified atom stereocenters. The molecule has 0 spiro atoms. The Kier molecular flexibility index (Phi) is 6.26. The summed E-state index contributed by atoms with van der Waals surface area (Å²) in [4.78, 5) is 11.0. The van der Waals surface area contributed by atoms with Crippen LogP contribution in [0.2, 0.25) is 0 Å². The van der Waals surface area contributed by atoms with Crippen molar-refractivity contribution in [2.24, 2.45) is 0 Å². The molecule has 0 aliphatic rings. The molecule has 5 nitrogen and oxygen atoms in total. The fourth-order valence-corrected chi connectivity index (χ4v) is 0.775. The van der Waals surface area contributed by atoms with E-state index in [2.05, 4.69) is 10.6 Å². The highest BCUT2D eigenvalue weighted by Crippen LogP contribution is 1.82. The van der Waals surface area contributed by atoms with Crippen molar-refractivity contribution in [2.45, 2.75) is 26.0 Å². The molecule has 0 rings (SSSR count). The zero-order valence-corrected chi connectivity index (χ0v) is 8.33. The molecule has 0 aromatic rings. The van der Waals surface area contributed by atoms with Gasteiger partial charge in [-0.3, -0.25) is 0 Å². The van der Waals surface area contributed by atoms with E-state index in [4.69, 9.17) is 9.84 Å². The lowest BCUT2D eigenvalue weighted by atomic mass is 10.4. The third kappa shape index (κ3) is 7.55. The first kappa shape index (κ1) is 12.2. The van der Waals surface area contributed by atoms with Gasteiger partial charge in [0.15, 0.2) is 0 Å². The van der Waals surface area contributed by atoms with Gasteiger partial charge in [0, 0.05) is 19.7 Å². The van der Waals surface area contributed by atoms with Crippen LogP contribution in [0.15, 0.2) is 0 Å². The van der Waals surface area contributed by atoms with E-state index in [0.717, 1.165) is 0 Å². The average molecular weight is 190 g/mol. The lowest BCUT2D eigenvalue weighted by Crippen LogP contribution is -2.43. The van der Waals surface area contributed by atoms with E-state index in [9.17, 15) is 4.79 Å².